The fourth-order valence-corrected chi connectivity index (χ4v) is 2.26. The van der Waals surface area contributed by atoms with E-state index in [1.165, 1.54) is 0 Å². The van der Waals surface area contributed by atoms with Crippen molar-refractivity contribution in [2.45, 2.75) is 25.8 Å². The van der Waals surface area contributed by atoms with Gasteiger partial charge in [0.1, 0.15) is 0 Å². The van der Waals surface area contributed by atoms with Crippen LogP contribution in [0, 0.1) is 6.92 Å². The summed E-state index contributed by atoms with van der Waals surface area (Å²) in [5.74, 6) is -0.257. The highest BCUT2D eigenvalue weighted by molar-refractivity contribution is 6.06. The Kier molecular flexibility index (Phi) is 3.92. The molecule has 0 unspecified atom stereocenters. The van der Waals surface area contributed by atoms with Crippen LogP contribution in [0.25, 0.3) is 0 Å². The van der Waals surface area contributed by atoms with Crippen molar-refractivity contribution in [2.75, 3.05) is 5.32 Å². The summed E-state index contributed by atoms with van der Waals surface area (Å²) in [6.45, 7) is 1.90. The molecule has 22 heavy (non-hydrogen) atoms. The molecule has 1 aliphatic rings. The highest BCUT2D eigenvalue weighted by Crippen LogP contribution is 2.20. The number of anilines is 1. The van der Waals surface area contributed by atoms with E-state index in [1.54, 1.807) is 30.3 Å². The Morgan fingerprint density at radius 3 is 2.50 bits per heavy atom. The highest BCUT2D eigenvalue weighted by atomic mass is 16.2. The van der Waals surface area contributed by atoms with Crippen LogP contribution in [0.15, 0.2) is 48.5 Å². The van der Waals surface area contributed by atoms with E-state index in [2.05, 4.69) is 10.6 Å². The fourth-order valence-electron chi connectivity index (χ4n) is 2.26. The molecular weight excluding hydrogens is 276 g/mol. The molecule has 1 aliphatic carbocycles. The van der Waals surface area contributed by atoms with Gasteiger partial charge in [0.2, 0.25) is 0 Å². The molecule has 0 saturated heterocycles. The van der Waals surface area contributed by atoms with Gasteiger partial charge < -0.3 is 10.6 Å². The van der Waals surface area contributed by atoms with Crippen LogP contribution in [-0.2, 0) is 0 Å². The van der Waals surface area contributed by atoms with Crippen LogP contribution in [0.4, 0.5) is 5.69 Å². The van der Waals surface area contributed by atoms with Gasteiger partial charge in [-0.1, -0.05) is 24.3 Å². The van der Waals surface area contributed by atoms with Crippen LogP contribution in [0.1, 0.15) is 39.1 Å². The lowest BCUT2D eigenvalue weighted by Gasteiger charge is -2.09. The zero-order chi connectivity index (χ0) is 15.5. The first-order chi connectivity index (χ1) is 10.6. The molecule has 3 rings (SSSR count). The van der Waals surface area contributed by atoms with Crippen molar-refractivity contribution in [1.82, 2.24) is 5.32 Å². The van der Waals surface area contributed by atoms with Crippen LogP contribution in [-0.4, -0.2) is 17.9 Å². The van der Waals surface area contributed by atoms with E-state index >= 15 is 0 Å². The standard InChI is InChI=1S/C18H18N2O2/c1-12-5-2-3-8-16(12)18(22)20-15-7-4-6-13(11-15)17(21)19-14-9-10-14/h2-8,11,14H,9-10H2,1H3,(H,19,21)(H,20,22). The average molecular weight is 294 g/mol. The zero-order valence-corrected chi connectivity index (χ0v) is 12.4. The van der Waals surface area contributed by atoms with Crippen LogP contribution in [0.5, 0.6) is 0 Å². The van der Waals surface area contributed by atoms with Gasteiger partial charge in [-0.25, -0.2) is 0 Å². The Hall–Kier alpha value is -2.62. The zero-order valence-electron chi connectivity index (χ0n) is 12.4. The summed E-state index contributed by atoms with van der Waals surface area (Å²) in [5.41, 5.74) is 2.74. The van der Waals surface area contributed by atoms with Gasteiger partial charge in [0, 0.05) is 22.9 Å². The quantitative estimate of drug-likeness (QED) is 0.910. The molecule has 4 nitrogen and oxygen atoms in total. The van der Waals surface area contributed by atoms with E-state index in [4.69, 9.17) is 0 Å². The summed E-state index contributed by atoms with van der Waals surface area (Å²) < 4.78 is 0. The second-order valence-corrected chi connectivity index (χ2v) is 5.60. The number of aryl methyl sites for hydroxylation is 1. The number of nitrogens with one attached hydrogen (secondary N) is 2. The predicted molar refractivity (Wildman–Crippen MR) is 86.1 cm³/mol. The molecule has 0 spiro atoms. The van der Waals surface area contributed by atoms with Gasteiger partial charge >= 0.3 is 0 Å². The third-order valence-corrected chi connectivity index (χ3v) is 3.68. The Morgan fingerprint density at radius 1 is 1.00 bits per heavy atom. The number of carbonyl (C=O) groups is 2. The van der Waals surface area contributed by atoms with Gasteiger partial charge in [-0.3, -0.25) is 9.59 Å². The Morgan fingerprint density at radius 2 is 1.77 bits per heavy atom. The molecule has 2 N–H and O–H groups in total. The molecule has 0 bridgehead atoms. The molecule has 2 aromatic rings. The lowest BCUT2D eigenvalue weighted by Crippen LogP contribution is -2.25. The number of rotatable bonds is 4. The van der Waals surface area contributed by atoms with Crippen LogP contribution in [0.2, 0.25) is 0 Å². The van der Waals surface area contributed by atoms with Gasteiger partial charge in [0.15, 0.2) is 0 Å². The van der Waals surface area contributed by atoms with Crippen LogP contribution < -0.4 is 10.6 Å². The second-order valence-electron chi connectivity index (χ2n) is 5.60. The maximum Gasteiger partial charge on any atom is 0.255 e. The molecule has 4 heteroatoms. The van der Waals surface area contributed by atoms with Gasteiger partial charge in [-0.15, -0.1) is 0 Å². The van der Waals surface area contributed by atoms with Crippen molar-refractivity contribution < 1.29 is 9.59 Å². The van der Waals surface area contributed by atoms with E-state index in [-0.39, 0.29) is 11.8 Å². The van der Waals surface area contributed by atoms with E-state index in [0.29, 0.717) is 22.9 Å². The van der Waals surface area contributed by atoms with Crippen molar-refractivity contribution >= 4 is 17.5 Å². The summed E-state index contributed by atoms with van der Waals surface area (Å²) in [6.07, 6.45) is 2.10. The first kappa shape index (κ1) is 14.3. The van der Waals surface area contributed by atoms with Crippen LogP contribution in [0.3, 0.4) is 0 Å². The van der Waals surface area contributed by atoms with E-state index in [9.17, 15) is 9.59 Å². The van der Waals surface area contributed by atoms with Crippen molar-refractivity contribution in [3.63, 3.8) is 0 Å². The second kappa shape index (κ2) is 6.02. The Balaban J connectivity index is 1.73. The summed E-state index contributed by atoms with van der Waals surface area (Å²) in [4.78, 5) is 24.3. The van der Waals surface area contributed by atoms with Crippen molar-refractivity contribution in [3.05, 3.63) is 65.2 Å². The smallest absolute Gasteiger partial charge is 0.255 e. The van der Waals surface area contributed by atoms with E-state index in [1.807, 2.05) is 25.1 Å². The van der Waals surface area contributed by atoms with Crippen molar-refractivity contribution in [2.24, 2.45) is 0 Å². The molecule has 0 heterocycles. The normalized spacial score (nSPS) is 13.5. The van der Waals surface area contributed by atoms with Crippen molar-refractivity contribution in [3.8, 4) is 0 Å². The number of hydrogen-bond donors (Lipinski definition) is 2. The minimum atomic E-state index is -0.169. The highest BCUT2D eigenvalue weighted by Gasteiger charge is 2.23. The lowest BCUT2D eigenvalue weighted by atomic mass is 10.1. The van der Waals surface area contributed by atoms with Gasteiger partial charge in [0.25, 0.3) is 11.8 Å². The lowest BCUT2D eigenvalue weighted by molar-refractivity contribution is 0.0949. The number of amides is 2. The summed E-state index contributed by atoms with van der Waals surface area (Å²) >= 11 is 0. The number of hydrogen-bond acceptors (Lipinski definition) is 2. The Bertz CT molecular complexity index is 721. The molecule has 0 aliphatic heterocycles. The van der Waals surface area contributed by atoms with E-state index in [0.717, 1.165) is 18.4 Å². The minimum Gasteiger partial charge on any atom is -0.349 e. The Labute approximate surface area is 129 Å². The maximum absolute atomic E-state index is 12.3. The van der Waals surface area contributed by atoms with Gasteiger partial charge in [0.05, 0.1) is 0 Å². The predicted octanol–water partition coefficient (Wildman–Crippen LogP) is 3.14. The van der Waals surface area contributed by atoms with Gasteiger partial charge in [-0.2, -0.15) is 0 Å². The largest absolute Gasteiger partial charge is 0.349 e. The monoisotopic (exact) mass is 294 g/mol. The summed E-state index contributed by atoms with van der Waals surface area (Å²) in [6, 6.07) is 14.7. The van der Waals surface area contributed by atoms with E-state index < -0.39 is 0 Å². The molecular formula is C18H18N2O2. The molecule has 0 aromatic heterocycles. The molecule has 1 saturated carbocycles. The van der Waals surface area contributed by atoms with Gasteiger partial charge in [-0.05, 0) is 49.6 Å². The maximum atomic E-state index is 12.3. The topological polar surface area (TPSA) is 58.2 Å². The number of carbonyl (C=O) groups excluding carboxylic acids is 2. The first-order valence-corrected chi connectivity index (χ1v) is 7.41. The molecule has 2 amide bonds. The third kappa shape index (κ3) is 3.34. The first-order valence-electron chi connectivity index (χ1n) is 7.41. The molecule has 112 valence electrons. The fraction of sp³-hybridized carbons (Fsp3) is 0.222. The molecule has 1 fully saturated rings. The van der Waals surface area contributed by atoms with Crippen molar-refractivity contribution in [1.29, 1.82) is 0 Å². The molecule has 0 atom stereocenters. The number of benzene rings is 2. The average Bonchev–Trinajstić information content (AvgIpc) is 3.32. The summed E-state index contributed by atoms with van der Waals surface area (Å²) in [5, 5.41) is 5.78. The minimum absolute atomic E-state index is 0.0884. The molecule has 0 radical (unpaired) electrons. The van der Waals surface area contributed by atoms with Crippen LogP contribution >= 0.6 is 0 Å². The third-order valence-electron chi connectivity index (χ3n) is 3.68. The SMILES string of the molecule is Cc1ccccc1C(=O)Nc1cccc(C(=O)NC2CC2)c1. The molecule has 2 aromatic carbocycles. The summed E-state index contributed by atoms with van der Waals surface area (Å²) in [7, 11) is 0.